The lowest BCUT2D eigenvalue weighted by atomic mass is 10.1. The average Bonchev–Trinajstić information content (AvgIpc) is 2.92. The molecule has 1 saturated heterocycles. The van der Waals surface area contributed by atoms with E-state index in [9.17, 15) is 4.79 Å². The SMILES string of the molecule is CC(=O)OC1CCCN(CCc2ccc3c(c2)OCO3)C1. The van der Waals surface area contributed by atoms with Gasteiger partial charge < -0.3 is 14.2 Å². The maximum absolute atomic E-state index is 11.0. The summed E-state index contributed by atoms with van der Waals surface area (Å²) in [5, 5.41) is 0. The summed E-state index contributed by atoms with van der Waals surface area (Å²) >= 11 is 0. The van der Waals surface area contributed by atoms with Gasteiger partial charge in [0.05, 0.1) is 0 Å². The topological polar surface area (TPSA) is 48.0 Å². The van der Waals surface area contributed by atoms with E-state index in [-0.39, 0.29) is 12.1 Å². The summed E-state index contributed by atoms with van der Waals surface area (Å²) in [6.45, 7) is 4.67. The number of likely N-dealkylation sites (tertiary alicyclic amines) is 1. The maximum Gasteiger partial charge on any atom is 0.302 e. The molecular weight excluding hydrogens is 270 g/mol. The molecule has 1 fully saturated rings. The van der Waals surface area contributed by atoms with Crippen molar-refractivity contribution >= 4 is 5.97 Å². The lowest BCUT2D eigenvalue weighted by molar-refractivity contribution is -0.148. The maximum atomic E-state index is 11.0. The molecule has 114 valence electrons. The molecule has 0 aliphatic carbocycles. The van der Waals surface area contributed by atoms with E-state index >= 15 is 0 Å². The quantitative estimate of drug-likeness (QED) is 0.794. The molecule has 2 heterocycles. The normalized spacial score (nSPS) is 21.3. The molecule has 0 spiro atoms. The molecule has 2 aliphatic rings. The van der Waals surface area contributed by atoms with Crippen molar-refractivity contribution in [3.63, 3.8) is 0 Å². The van der Waals surface area contributed by atoms with Gasteiger partial charge in [0, 0.05) is 20.0 Å². The van der Waals surface area contributed by atoms with E-state index in [0.29, 0.717) is 6.79 Å². The van der Waals surface area contributed by atoms with Gasteiger partial charge >= 0.3 is 5.97 Å². The number of carbonyl (C=O) groups excluding carboxylic acids is 1. The van der Waals surface area contributed by atoms with Crippen LogP contribution >= 0.6 is 0 Å². The minimum Gasteiger partial charge on any atom is -0.461 e. The summed E-state index contributed by atoms with van der Waals surface area (Å²) in [6, 6.07) is 6.10. The first-order chi connectivity index (χ1) is 10.2. The molecule has 0 N–H and O–H groups in total. The zero-order valence-electron chi connectivity index (χ0n) is 12.3. The van der Waals surface area contributed by atoms with Gasteiger partial charge in [-0.15, -0.1) is 0 Å². The number of hydrogen-bond acceptors (Lipinski definition) is 5. The molecule has 3 rings (SSSR count). The monoisotopic (exact) mass is 291 g/mol. The van der Waals surface area contributed by atoms with Gasteiger partial charge in [0.15, 0.2) is 11.5 Å². The predicted molar refractivity (Wildman–Crippen MR) is 77.5 cm³/mol. The Balaban J connectivity index is 1.51. The zero-order valence-corrected chi connectivity index (χ0v) is 12.3. The minimum atomic E-state index is -0.183. The van der Waals surface area contributed by atoms with Crippen LogP contribution in [-0.4, -0.2) is 43.4 Å². The molecule has 1 atom stereocenters. The van der Waals surface area contributed by atoms with Crippen molar-refractivity contribution in [2.75, 3.05) is 26.4 Å². The highest BCUT2D eigenvalue weighted by atomic mass is 16.7. The Hall–Kier alpha value is -1.75. The number of carbonyl (C=O) groups is 1. The van der Waals surface area contributed by atoms with Gasteiger partial charge in [-0.3, -0.25) is 9.69 Å². The molecule has 0 bridgehead atoms. The average molecular weight is 291 g/mol. The van der Waals surface area contributed by atoms with Gasteiger partial charge in [0.2, 0.25) is 6.79 Å². The van der Waals surface area contributed by atoms with E-state index in [2.05, 4.69) is 17.0 Å². The van der Waals surface area contributed by atoms with Gasteiger partial charge in [0.1, 0.15) is 6.10 Å². The Bertz CT molecular complexity index is 517. The van der Waals surface area contributed by atoms with E-state index in [1.165, 1.54) is 12.5 Å². The largest absolute Gasteiger partial charge is 0.461 e. The smallest absolute Gasteiger partial charge is 0.302 e. The van der Waals surface area contributed by atoms with Crippen LogP contribution in [0, 0.1) is 0 Å². The second-order valence-corrected chi connectivity index (χ2v) is 5.61. The third kappa shape index (κ3) is 3.67. The van der Waals surface area contributed by atoms with E-state index in [0.717, 1.165) is 50.4 Å². The van der Waals surface area contributed by atoms with Crippen LogP contribution in [0.4, 0.5) is 0 Å². The second-order valence-electron chi connectivity index (χ2n) is 5.61. The van der Waals surface area contributed by atoms with Crippen molar-refractivity contribution in [2.24, 2.45) is 0 Å². The summed E-state index contributed by atoms with van der Waals surface area (Å²) in [5.74, 6) is 1.48. The van der Waals surface area contributed by atoms with Crippen LogP contribution in [-0.2, 0) is 16.0 Å². The van der Waals surface area contributed by atoms with Crippen molar-refractivity contribution in [1.82, 2.24) is 4.90 Å². The molecule has 0 aromatic heterocycles. The van der Waals surface area contributed by atoms with Crippen LogP contribution < -0.4 is 9.47 Å². The van der Waals surface area contributed by atoms with E-state index in [1.807, 2.05) is 6.07 Å². The number of esters is 1. The molecule has 1 unspecified atom stereocenters. The lowest BCUT2D eigenvalue weighted by Crippen LogP contribution is -2.41. The highest BCUT2D eigenvalue weighted by Crippen LogP contribution is 2.32. The molecule has 0 radical (unpaired) electrons. The number of piperidine rings is 1. The fourth-order valence-electron chi connectivity index (χ4n) is 2.93. The highest BCUT2D eigenvalue weighted by Gasteiger charge is 2.22. The van der Waals surface area contributed by atoms with Crippen LogP contribution in [0.1, 0.15) is 25.3 Å². The van der Waals surface area contributed by atoms with Crippen LogP contribution in [0.5, 0.6) is 11.5 Å². The fraction of sp³-hybridized carbons (Fsp3) is 0.562. The molecular formula is C16H21NO4. The van der Waals surface area contributed by atoms with Crippen molar-refractivity contribution in [1.29, 1.82) is 0 Å². The van der Waals surface area contributed by atoms with Crippen molar-refractivity contribution in [3.8, 4) is 11.5 Å². The molecule has 1 aromatic carbocycles. The minimum absolute atomic E-state index is 0.0491. The molecule has 5 nitrogen and oxygen atoms in total. The lowest BCUT2D eigenvalue weighted by Gasteiger charge is -2.32. The zero-order chi connectivity index (χ0) is 14.7. The molecule has 21 heavy (non-hydrogen) atoms. The predicted octanol–water partition coefficient (Wildman–Crippen LogP) is 1.99. The molecule has 0 saturated carbocycles. The van der Waals surface area contributed by atoms with Gasteiger partial charge in [-0.1, -0.05) is 6.07 Å². The number of fused-ring (bicyclic) bond motifs is 1. The van der Waals surface area contributed by atoms with Crippen LogP contribution in [0.2, 0.25) is 0 Å². The first kappa shape index (κ1) is 14.2. The summed E-state index contributed by atoms with van der Waals surface area (Å²) in [4.78, 5) is 13.4. The van der Waals surface area contributed by atoms with Gasteiger partial charge in [-0.2, -0.15) is 0 Å². The standard InChI is InChI=1S/C16H21NO4/c1-12(18)21-14-3-2-7-17(10-14)8-6-13-4-5-15-16(9-13)20-11-19-15/h4-5,9,14H,2-3,6-8,10-11H2,1H3. The Morgan fingerprint density at radius 1 is 1.38 bits per heavy atom. The molecule has 2 aliphatic heterocycles. The van der Waals surface area contributed by atoms with Gasteiger partial charge in [0.25, 0.3) is 0 Å². The molecule has 1 aromatic rings. The summed E-state index contributed by atoms with van der Waals surface area (Å²) in [7, 11) is 0. The first-order valence-electron chi connectivity index (χ1n) is 7.49. The Kier molecular flexibility index (Phi) is 4.29. The highest BCUT2D eigenvalue weighted by molar-refractivity contribution is 5.66. The Morgan fingerprint density at radius 3 is 3.10 bits per heavy atom. The third-order valence-corrected chi connectivity index (χ3v) is 3.95. The van der Waals surface area contributed by atoms with Crippen molar-refractivity contribution in [3.05, 3.63) is 23.8 Å². The van der Waals surface area contributed by atoms with Crippen LogP contribution in [0.3, 0.4) is 0 Å². The first-order valence-corrected chi connectivity index (χ1v) is 7.49. The molecule has 0 amide bonds. The van der Waals surface area contributed by atoms with Gasteiger partial charge in [-0.05, 0) is 43.5 Å². The van der Waals surface area contributed by atoms with Crippen LogP contribution in [0.15, 0.2) is 18.2 Å². The fourth-order valence-corrected chi connectivity index (χ4v) is 2.93. The number of nitrogens with zero attached hydrogens (tertiary/aromatic N) is 1. The van der Waals surface area contributed by atoms with E-state index < -0.39 is 0 Å². The van der Waals surface area contributed by atoms with Crippen molar-refractivity contribution in [2.45, 2.75) is 32.3 Å². The number of rotatable bonds is 4. The van der Waals surface area contributed by atoms with Crippen molar-refractivity contribution < 1.29 is 19.0 Å². The number of hydrogen-bond donors (Lipinski definition) is 0. The van der Waals surface area contributed by atoms with Gasteiger partial charge in [-0.25, -0.2) is 0 Å². The summed E-state index contributed by atoms with van der Waals surface area (Å²) in [5.41, 5.74) is 1.24. The van der Waals surface area contributed by atoms with Crippen LogP contribution in [0.25, 0.3) is 0 Å². The number of ether oxygens (including phenoxy) is 3. The summed E-state index contributed by atoms with van der Waals surface area (Å²) < 4.78 is 16.0. The van der Waals surface area contributed by atoms with E-state index in [4.69, 9.17) is 14.2 Å². The second kappa shape index (κ2) is 6.35. The molecule has 5 heteroatoms. The third-order valence-electron chi connectivity index (χ3n) is 3.95. The Labute approximate surface area is 124 Å². The summed E-state index contributed by atoms with van der Waals surface area (Å²) in [6.07, 6.45) is 3.07. The Morgan fingerprint density at radius 2 is 2.24 bits per heavy atom. The number of benzene rings is 1. The van der Waals surface area contributed by atoms with E-state index in [1.54, 1.807) is 0 Å².